The summed E-state index contributed by atoms with van der Waals surface area (Å²) in [5, 5.41) is 11.0. The average Bonchev–Trinajstić information content (AvgIpc) is 2.48. The smallest absolute Gasteiger partial charge is 0.135 e. The Kier molecular flexibility index (Phi) is 4.42. The van der Waals surface area contributed by atoms with E-state index in [4.69, 9.17) is 0 Å². The Morgan fingerprint density at radius 3 is 2.70 bits per heavy atom. The van der Waals surface area contributed by atoms with E-state index in [9.17, 15) is 9.90 Å². The number of Topliss-reactive ketones (excluding diaryl/α,β-unsaturated/α-hetero) is 1. The predicted octanol–water partition coefficient (Wildman–Crippen LogP) is 2.96. The highest BCUT2D eigenvalue weighted by atomic mass is 16.3. The molecular formula is C18H20O2. The first-order valence-corrected chi connectivity index (χ1v) is 7.05. The summed E-state index contributed by atoms with van der Waals surface area (Å²) < 4.78 is 0. The number of carbonyl (C=O) groups excluding carboxylic acids is 1. The lowest BCUT2D eigenvalue weighted by Gasteiger charge is -2.40. The molecular weight excluding hydrogens is 248 g/mol. The molecule has 1 aromatic rings. The third kappa shape index (κ3) is 2.84. The van der Waals surface area contributed by atoms with Crippen LogP contribution in [-0.4, -0.2) is 16.5 Å². The maximum atomic E-state index is 11.8. The molecule has 0 amide bonds. The maximum Gasteiger partial charge on any atom is 0.135 e. The van der Waals surface area contributed by atoms with Gasteiger partial charge in [0.1, 0.15) is 11.4 Å². The van der Waals surface area contributed by atoms with Crippen molar-refractivity contribution in [3.8, 4) is 11.8 Å². The Morgan fingerprint density at radius 1 is 1.40 bits per heavy atom. The van der Waals surface area contributed by atoms with Crippen LogP contribution in [0.5, 0.6) is 0 Å². The van der Waals surface area contributed by atoms with Gasteiger partial charge in [0.15, 0.2) is 0 Å². The minimum atomic E-state index is -1.15. The minimum Gasteiger partial charge on any atom is -0.377 e. The fourth-order valence-corrected chi connectivity index (χ4v) is 2.82. The van der Waals surface area contributed by atoms with Crippen LogP contribution in [0.15, 0.2) is 43.0 Å². The number of carbonyl (C=O) groups is 1. The molecule has 1 saturated carbocycles. The van der Waals surface area contributed by atoms with Crippen molar-refractivity contribution in [2.24, 2.45) is 11.8 Å². The molecule has 20 heavy (non-hydrogen) atoms. The van der Waals surface area contributed by atoms with E-state index in [1.807, 2.05) is 37.3 Å². The first kappa shape index (κ1) is 14.6. The molecule has 0 saturated heterocycles. The molecule has 0 aromatic heterocycles. The van der Waals surface area contributed by atoms with E-state index in [1.165, 1.54) is 0 Å². The van der Waals surface area contributed by atoms with Crippen LogP contribution in [0.25, 0.3) is 0 Å². The predicted molar refractivity (Wildman–Crippen MR) is 80.0 cm³/mol. The zero-order valence-corrected chi connectivity index (χ0v) is 11.8. The van der Waals surface area contributed by atoms with Crippen LogP contribution < -0.4 is 0 Å². The van der Waals surface area contributed by atoms with Gasteiger partial charge in [-0.3, -0.25) is 4.79 Å². The molecule has 1 aliphatic rings. The Labute approximate surface area is 120 Å². The van der Waals surface area contributed by atoms with E-state index < -0.39 is 5.60 Å². The molecule has 0 unspecified atom stereocenters. The fourth-order valence-electron chi connectivity index (χ4n) is 2.82. The van der Waals surface area contributed by atoms with E-state index in [0.717, 1.165) is 12.0 Å². The molecule has 2 nitrogen and oxygen atoms in total. The molecule has 104 valence electrons. The van der Waals surface area contributed by atoms with E-state index in [2.05, 4.69) is 18.4 Å². The van der Waals surface area contributed by atoms with Crippen LogP contribution in [0, 0.1) is 23.7 Å². The third-order valence-electron chi connectivity index (χ3n) is 4.07. The molecule has 1 N–H and O–H groups in total. The minimum absolute atomic E-state index is 0.122. The summed E-state index contributed by atoms with van der Waals surface area (Å²) in [7, 11) is 0. The van der Waals surface area contributed by atoms with Crippen molar-refractivity contribution >= 4 is 5.78 Å². The van der Waals surface area contributed by atoms with E-state index in [0.29, 0.717) is 12.8 Å². The second kappa shape index (κ2) is 6.07. The highest BCUT2D eigenvalue weighted by molar-refractivity contribution is 5.81. The summed E-state index contributed by atoms with van der Waals surface area (Å²) in [6, 6.07) is 9.59. The van der Waals surface area contributed by atoms with Gasteiger partial charge in [-0.05, 0) is 18.6 Å². The topological polar surface area (TPSA) is 37.3 Å². The van der Waals surface area contributed by atoms with Crippen molar-refractivity contribution in [2.75, 3.05) is 0 Å². The largest absolute Gasteiger partial charge is 0.377 e. The molecule has 0 spiro atoms. The highest BCUT2D eigenvalue weighted by Gasteiger charge is 2.45. The Bertz CT molecular complexity index is 550. The Hall–Kier alpha value is -1.85. The highest BCUT2D eigenvalue weighted by Crippen LogP contribution is 2.39. The number of aliphatic hydroxyl groups is 1. The van der Waals surface area contributed by atoms with Crippen molar-refractivity contribution in [2.45, 2.75) is 31.8 Å². The van der Waals surface area contributed by atoms with Crippen molar-refractivity contribution in [3.63, 3.8) is 0 Å². The van der Waals surface area contributed by atoms with Crippen LogP contribution in [-0.2, 0) is 4.79 Å². The molecule has 1 aliphatic carbocycles. The quantitative estimate of drug-likeness (QED) is 0.661. The normalized spacial score (nSPS) is 29.4. The van der Waals surface area contributed by atoms with Gasteiger partial charge < -0.3 is 5.11 Å². The SMILES string of the molecule is C=C[C@@H]1CC(=O)C[C@@H](CC)[C@]1(O)C#Cc1ccccc1. The van der Waals surface area contributed by atoms with Crippen molar-refractivity contribution in [1.29, 1.82) is 0 Å². The summed E-state index contributed by atoms with van der Waals surface area (Å²) in [5.41, 5.74) is -0.282. The van der Waals surface area contributed by atoms with Crippen molar-refractivity contribution in [1.82, 2.24) is 0 Å². The van der Waals surface area contributed by atoms with Gasteiger partial charge >= 0.3 is 0 Å². The number of rotatable bonds is 2. The first-order chi connectivity index (χ1) is 9.60. The first-order valence-electron chi connectivity index (χ1n) is 7.05. The average molecular weight is 268 g/mol. The summed E-state index contributed by atoms with van der Waals surface area (Å²) in [4.78, 5) is 11.8. The van der Waals surface area contributed by atoms with Gasteiger partial charge in [0.25, 0.3) is 0 Å². The molecule has 3 atom stereocenters. The Balaban J connectivity index is 2.35. The van der Waals surface area contributed by atoms with Crippen LogP contribution >= 0.6 is 0 Å². The number of hydrogen-bond acceptors (Lipinski definition) is 2. The third-order valence-corrected chi connectivity index (χ3v) is 4.07. The van der Waals surface area contributed by atoms with Gasteiger partial charge in [-0.25, -0.2) is 0 Å². The number of benzene rings is 1. The maximum absolute atomic E-state index is 11.8. The van der Waals surface area contributed by atoms with Crippen LogP contribution in [0.2, 0.25) is 0 Å². The lowest BCUT2D eigenvalue weighted by atomic mass is 9.67. The summed E-state index contributed by atoms with van der Waals surface area (Å²) >= 11 is 0. The van der Waals surface area contributed by atoms with E-state index >= 15 is 0 Å². The lowest BCUT2D eigenvalue weighted by Crippen LogP contribution is -2.48. The second-order valence-corrected chi connectivity index (χ2v) is 5.34. The molecule has 0 aliphatic heterocycles. The number of ketones is 1. The zero-order chi connectivity index (χ0) is 14.6. The van der Waals surface area contributed by atoms with Crippen LogP contribution in [0.1, 0.15) is 31.7 Å². The monoisotopic (exact) mass is 268 g/mol. The molecule has 2 heteroatoms. The van der Waals surface area contributed by atoms with Gasteiger partial charge in [-0.1, -0.05) is 43.0 Å². The molecule has 1 fully saturated rings. The summed E-state index contributed by atoms with van der Waals surface area (Å²) in [5.74, 6) is 5.84. The van der Waals surface area contributed by atoms with E-state index in [-0.39, 0.29) is 17.6 Å². The molecule has 2 rings (SSSR count). The van der Waals surface area contributed by atoms with E-state index in [1.54, 1.807) is 6.08 Å². The van der Waals surface area contributed by atoms with Gasteiger partial charge in [0.2, 0.25) is 0 Å². The van der Waals surface area contributed by atoms with Crippen molar-refractivity contribution < 1.29 is 9.90 Å². The van der Waals surface area contributed by atoms with Gasteiger partial charge in [0, 0.05) is 30.2 Å². The molecule has 0 radical (unpaired) electrons. The lowest BCUT2D eigenvalue weighted by molar-refractivity contribution is -0.130. The molecule has 0 heterocycles. The molecule has 0 bridgehead atoms. The molecule has 1 aromatic carbocycles. The van der Waals surface area contributed by atoms with Gasteiger partial charge in [0.05, 0.1) is 0 Å². The van der Waals surface area contributed by atoms with Crippen molar-refractivity contribution in [3.05, 3.63) is 48.6 Å². The fraction of sp³-hybridized carbons (Fsp3) is 0.389. The van der Waals surface area contributed by atoms with Gasteiger partial charge in [-0.2, -0.15) is 0 Å². The zero-order valence-electron chi connectivity index (χ0n) is 11.8. The van der Waals surface area contributed by atoms with Gasteiger partial charge in [-0.15, -0.1) is 6.58 Å². The second-order valence-electron chi connectivity index (χ2n) is 5.34. The Morgan fingerprint density at radius 2 is 2.10 bits per heavy atom. The van der Waals surface area contributed by atoms with Crippen LogP contribution in [0.3, 0.4) is 0 Å². The standard InChI is InChI=1S/C18H20O2/c1-3-15-12-17(19)13-16(4-2)18(15,20)11-10-14-8-6-5-7-9-14/h3,5-9,15-16,20H,1,4,12-13H2,2H3/t15-,16-,18+/m1/s1. The van der Waals surface area contributed by atoms with Crippen LogP contribution in [0.4, 0.5) is 0 Å². The number of hydrogen-bond donors (Lipinski definition) is 1. The summed E-state index contributed by atoms with van der Waals surface area (Å²) in [6.45, 7) is 5.74. The summed E-state index contributed by atoms with van der Waals surface area (Å²) in [6.07, 6.45) is 3.14.